The van der Waals surface area contributed by atoms with Crippen LogP contribution < -0.4 is 5.32 Å². The molecule has 0 bridgehead atoms. The number of nitrogens with one attached hydrogen (secondary N) is 1. The molecule has 1 aromatic carbocycles. The number of rotatable bonds is 8. The Morgan fingerprint density at radius 2 is 2.04 bits per heavy atom. The number of ether oxygens (including phenoxy) is 1. The number of amides is 1. The van der Waals surface area contributed by atoms with Gasteiger partial charge in [0.05, 0.1) is 24.3 Å². The zero-order valence-corrected chi connectivity index (χ0v) is 15.5. The summed E-state index contributed by atoms with van der Waals surface area (Å²) in [5.41, 5.74) is 3.38. The van der Waals surface area contributed by atoms with E-state index < -0.39 is 0 Å². The maximum absolute atomic E-state index is 11.9. The third-order valence-corrected chi connectivity index (χ3v) is 4.46. The standard InChI is InChI=1S/C18H25N3O2S/c1-13(2)20-17(22)12-24-18-19-11-16(21(18)9-10-23-4)15-7-5-14(3)6-8-15/h5-8,11,13H,9-10,12H2,1-4H3,(H,20,22). The van der Waals surface area contributed by atoms with Crippen LogP contribution in [-0.4, -0.2) is 41.0 Å². The minimum atomic E-state index is 0.0215. The van der Waals surface area contributed by atoms with Crippen LogP contribution in [0.5, 0.6) is 0 Å². The SMILES string of the molecule is COCCn1c(-c2ccc(C)cc2)cnc1SCC(=O)NC(C)C. The number of nitrogens with zero attached hydrogens (tertiary/aromatic N) is 2. The zero-order valence-electron chi connectivity index (χ0n) is 14.7. The number of aryl methyl sites for hydroxylation is 1. The Hall–Kier alpha value is -1.79. The first-order chi connectivity index (χ1) is 11.5. The molecule has 1 amide bonds. The van der Waals surface area contributed by atoms with E-state index in [0.717, 1.165) is 16.4 Å². The first-order valence-corrected chi connectivity index (χ1v) is 9.03. The number of hydrogen-bond acceptors (Lipinski definition) is 4. The smallest absolute Gasteiger partial charge is 0.230 e. The second-order valence-electron chi connectivity index (χ2n) is 5.95. The molecule has 1 aromatic heterocycles. The van der Waals surface area contributed by atoms with Gasteiger partial charge in [-0.2, -0.15) is 0 Å². The van der Waals surface area contributed by atoms with Crippen molar-refractivity contribution in [3.05, 3.63) is 36.0 Å². The van der Waals surface area contributed by atoms with E-state index in [2.05, 4.69) is 46.1 Å². The van der Waals surface area contributed by atoms with E-state index in [9.17, 15) is 4.79 Å². The second kappa shape index (κ2) is 8.89. The molecule has 130 valence electrons. The number of carbonyl (C=O) groups is 1. The van der Waals surface area contributed by atoms with Gasteiger partial charge in [0.15, 0.2) is 5.16 Å². The van der Waals surface area contributed by atoms with E-state index in [4.69, 9.17) is 4.74 Å². The van der Waals surface area contributed by atoms with Crippen molar-refractivity contribution in [1.29, 1.82) is 0 Å². The van der Waals surface area contributed by atoms with Gasteiger partial charge in [0.25, 0.3) is 0 Å². The quantitative estimate of drug-likeness (QED) is 0.746. The lowest BCUT2D eigenvalue weighted by Crippen LogP contribution is -2.31. The van der Waals surface area contributed by atoms with Crippen molar-refractivity contribution in [3.63, 3.8) is 0 Å². The van der Waals surface area contributed by atoms with E-state index in [-0.39, 0.29) is 11.9 Å². The molecule has 2 rings (SSSR count). The Morgan fingerprint density at radius 3 is 2.67 bits per heavy atom. The van der Waals surface area contributed by atoms with Crippen LogP contribution in [0.3, 0.4) is 0 Å². The van der Waals surface area contributed by atoms with Crippen molar-refractivity contribution in [2.75, 3.05) is 19.5 Å². The summed E-state index contributed by atoms with van der Waals surface area (Å²) in [5.74, 6) is 0.378. The largest absolute Gasteiger partial charge is 0.383 e. The van der Waals surface area contributed by atoms with E-state index >= 15 is 0 Å². The summed E-state index contributed by atoms with van der Waals surface area (Å²) in [4.78, 5) is 16.4. The molecular formula is C18H25N3O2S. The Bertz CT molecular complexity index is 665. The lowest BCUT2D eigenvalue weighted by Gasteiger charge is -2.12. The topological polar surface area (TPSA) is 56.2 Å². The highest BCUT2D eigenvalue weighted by Gasteiger charge is 2.14. The van der Waals surface area contributed by atoms with Gasteiger partial charge < -0.3 is 14.6 Å². The molecule has 0 atom stereocenters. The molecule has 0 spiro atoms. The minimum absolute atomic E-state index is 0.0215. The fourth-order valence-corrected chi connectivity index (χ4v) is 3.14. The average molecular weight is 347 g/mol. The van der Waals surface area contributed by atoms with Crippen LogP contribution in [0.25, 0.3) is 11.3 Å². The van der Waals surface area contributed by atoms with Gasteiger partial charge in [-0.05, 0) is 26.3 Å². The summed E-state index contributed by atoms with van der Waals surface area (Å²) in [6, 6.07) is 8.51. The van der Waals surface area contributed by atoms with Gasteiger partial charge in [-0.1, -0.05) is 41.6 Å². The van der Waals surface area contributed by atoms with Gasteiger partial charge in [-0.15, -0.1) is 0 Å². The minimum Gasteiger partial charge on any atom is -0.383 e. The first-order valence-electron chi connectivity index (χ1n) is 8.05. The monoisotopic (exact) mass is 347 g/mol. The molecule has 0 aliphatic carbocycles. The summed E-state index contributed by atoms with van der Waals surface area (Å²) >= 11 is 1.45. The van der Waals surface area contributed by atoms with Crippen molar-refractivity contribution in [2.45, 2.75) is 38.5 Å². The van der Waals surface area contributed by atoms with Gasteiger partial charge in [0, 0.05) is 19.7 Å². The van der Waals surface area contributed by atoms with Crippen LogP contribution in [0, 0.1) is 6.92 Å². The van der Waals surface area contributed by atoms with Gasteiger partial charge in [-0.3, -0.25) is 4.79 Å². The normalized spacial score (nSPS) is 11.0. The summed E-state index contributed by atoms with van der Waals surface area (Å²) in [7, 11) is 1.69. The number of hydrogen-bond donors (Lipinski definition) is 1. The number of methoxy groups -OCH3 is 1. The van der Waals surface area contributed by atoms with Crippen molar-refractivity contribution in [2.24, 2.45) is 0 Å². The van der Waals surface area contributed by atoms with E-state index in [0.29, 0.717) is 18.9 Å². The second-order valence-corrected chi connectivity index (χ2v) is 6.89. The zero-order chi connectivity index (χ0) is 17.5. The molecule has 2 aromatic rings. The number of thioether (sulfide) groups is 1. The molecule has 0 saturated carbocycles. The van der Waals surface area contributed by atoms with E-state index in [1.807, 2.05) is 20.0 Å². The van der Waals surface area contributed by atoms with Gasteiger partial charge in [0.1, 0.15) is 0 Å². The molecule has 0 aliphatic rings. The highest BCUT2D eigenvalue weighted by atomic mass is 32.2. The van der Waals surface area contributed by atoms with Crippen LogP contribution >= 0.6 is 11.8 Å². The molecule has 24 heavy (non-hydrogen) atoms. The van der Waals surface area contributed by atoms with Crippen LogP contribution in [0.4, 0.5) is 0 Å². The maximum atomic E-state index is 11.9. The fourth-order valence-electron chi connectivity index (χ4n) is 2.32. The predicted octanol–water partition coefficient (Wildman–Crippen LogP) is 3.12. The van der Waals surface area contributed by atoms with Gasteiger partial charge in [0.2, 0.25) is 5.91 Å². The molecule has 0 fully saturated rings. The highest BCUT2D eigenvalue weighted by molar-refractivity contribution is 7.99. The number of benzene rings is 1. The Morgan fingerprint density at radius 1 is 1.33 bits per heavy atom. The molecule has 1 N–H and O–H groups in total. The maximum Gasteiger partial charge on any atom is 0.230 e. The lowest BCUT2D eigenvalue weighted by atomic mass is 10.1. The Kier molecular flexibility index (Phi) is 6.87. The molecule has 0 aliphatic heterocycles. The molecule has 0 unspecified atom stereocenters. The first kappa shape index (κ1) is 18.5. The summed E-state index contributed by atoms with van der Waals surface area (Å²) in [5, 5.41) is 3.73. The molecule has 0 radical (unpaired) electrons. The number of aromatic nitrogens is 2. The van der Waals surface area contributed by atoms with Crippen LogP contribution in [0.2, 0.25) is 0 Å². The average Bonchev–Trinajstić information content (AvgIpc) is 2.94. The third-order valence-electron chi connectivity index (χ3n) is 3.47. The van der Waals surface area contributed by atoms with E-state index in [1.165, 1.54) is 17.3 Å². The fraction of sp³-hybridized carbons (Fsp3) is 0.444. The van der Waals surface area contributed by atoms with Crippen molar-refractivity contribution < 1.29 is 9.53 Å². The number of imidazole rings is 1. The molecule has 5 nitrogen and oxygen atoms in total. The summed E-state index contributed by atoms with van der Waals surface area (Å²) < 4.78 is 7.33. The van der Waals surface area contributed by atoms with E-state index in [1.54, 1.807) is 7.11 Å². The van der Waals surface area contributed by atoms with Crippen LogP contribution in [0.1, 0.15) is 19.4 Å². The van der Waals surface area contributed by atoms with Crippen molar-refractivity contribution in [1.82, 2.24) is 14.9 Å². The molecule has 6 heteroatoms. The van der Waals surface area contributed by atoms with Gasteiger partial charge in [-0.25, -0.2) is 4.98 Å². The third kappa shape index (κ3) is 5.11. The predicted molar refractivity (Wildman–Crippen MR) is 98.3 cm³/mol. The van der Waals surface area contributed by atoms with Gasteiger partial charge >= 0.3 is 0 Å². The van der Waals surface area contributed by atoms with Crippen LogP contribution in [0.15, 0.2) is 35.6 Å². The Balaban J connectivity index is 2.18. The number of carbonyl (C=O) groups excluding carboxylic acids is 1. The Labute approximate surface area is 147 Å². The lowest BCUT2D eigenvalue weighted by molar-refractivity contribution is -0.119. The molecular weight excluding hydrogens is 322 g/mol. The van der Waals surface area contributed by atoms with Crippen LogP contribution in [-0.2, 0) is 16.1 Å². The van der Waals surface area contributed by atoms with Crippen molar-refractivity contribution >= 4 is 17.7 Å². The molecule has 0 saturated heterocycles. The highest BCUT2D eigenvalue weighted by Crippen LogP contribution is 2.26. The summed E-state index contributed by atoms with van der Waals surface area (Å²) in [6.45, 7) is 7.28. The van der Waals surface area contributed by atoms with Crippen molar-refractivity contribution in [3.8, 4) is 11.3 Å². The molecule has 1 heterocycles. The summed E-state index contributed by atoms with van der Waals surface area (Å²) in [6.07, 6.45) is 1.86.